The van der Waals surface area contributed by atoms with Crippen molar-refractivity contribution < 1.29 is 14.7 Å². The minimum absolute atomic E-state index is 0.234. The van der Waals surface area contributed by atoms with E-state index in [1.807, 2.05) is 14.0 Å². The SMILES string of the molecule is Cc1c(CNC(=O)c2cccn2CC(=O)O)cnn1C. The van der Waals surface area contributed by atoms with E-state index in [2.05, 4.69) is 10.4 Å². The maximum absolute atomic E-state index is 12.0. The third-order valence-electron chi connectivity index (χ3n) is 3.14. The summed E-state index contributed by atoms with van der Waals surface area (Å²) in [6.45, 7) is 2.04. The van der Waals surface area contributed by atoms with Crippen LogP contribution in [0, 0.1) is 6.92 Å². The molecule has 0 atom stereocenters. The van der Waals surface area contributed by atoms with Gasteiger partial charge in [0.15, 0.2) is 0 Å². The van der Waals surface area contributed by atoms with Crippen molar-refractivity contribution in [2.45, 2.75) is 20.0 Å². The molecule has 106 valence electrons. The number of aryl methyl sites for hydroxylation is 1. The summed E-state index contributed by atoms with van der Waals surface area (Å²) in [6.07, 6.45) is 3.27. The van der Waals surface area contributed by atoms with Crippen LogP contribution in [0.3, 0.4) is 0 Å². The number of hydrogen-bond donors (Lipinski definition) is 2. The Labute approximate surface area is 115 Å². The lowest BCUT2D eigenvalue weighted by atomic mass is 10.2. The summed E-state index contributed by atoms with van der Waals surface area (Å²) in [4.78, 5) is 22.8. The van der Waals surface area contributed by atoms with Gasteiger partial charge in [0.05, 0.1) is 6.20 Å². The van der Waals surface area contributed by atoms with E-state index < -0.39 is 5.97 Å². The zero-order chi connectivity index (χ0) is 14.7. The number of carboxylic acid groups (broad SMARTS) is 1. The second-order valence-electron chi connectivity index (χ2n) is 4.48. The van der Waals surface area contributed by atoms with Gasteiger partial charge in [0.1, 0.15) is 12.2 Å². The first-order valence-electron chi connectivity index (χ1n) is 6.11. The van der Waals surface area contributed by atoms with E-state index >= 15 is 0 Å². The number of carbonyl (C=O) groups excluding carboxylic acids is 1. The van der Waals surface area contributed by atoms with Crippen LogP contribution in [0.4, 0.5) is 0 Å². The molecule has 0 spiro atoms. The Morgan fingerprint density at radius 3 is 2.80 bits per heavy atom. The fraction of sp³-hybridized carbons (Fsp3) is 0.308. The summed E-state index contributed by atoms with van der Waals surface area (Å²) in [5.41, 5.74) is 2.23. The average molecular weight is 276 g/mol. The minimum atomic E-state index is -0.988. The molecule has 0 aliphatic carbocycles. The Morgan fingerprint density at radius 1 is 1.45 bits per heavy atom. The summed E-state index contributed by atoms with van der Waals surface area (Å²) in [5, 5.41) is 15.6. The molecule has 2 rings (SSSR count). The molecule has 20 heavy (non-hydrogen) atoms. The Balaban J connectivity index is 2.04. The summed E-state index contributed by atoms with van der Waals surface area (Å²) in [5.74, 6) is -1.29. The Bertz CT molecular complexity index is 642. The van der Waals surface area contributed by atoms with Gasteiger partial charge in [0.2, 0.25) is 0 Å². The lowest BCUT2D eigenvalue weighted by Crippen LogP contribution is -2.26. The molecule has 2 aromatic heterocycles. The van der Waals surface area contributed by atoms with Crippen molar-refractivity contribution in [2.24, 2.45) is 7.05 Å². The normalized spacial score (nSPS) is 10.5. The van der Waals surface area contributed by atoms with E-state index in [0.717, 1.165) is 11.3 Å². The van der Waals surface area contributed by atoms with Gasteiger partial charge < -0.3 is 15.0 Å². The van der Waals surface area contributed by atoms with Gasteiger partial charge in [-0.3, -0.25) is 14.3 Å². The molecule has 7 nitrogen and oxygen atoms in total. The van der Waals surface area contributed by atoms with Crippen molar-refractivity contribution in [1.82, 2.24) is 19.7 Å². The third-order valence-corrected chi connectivity index (χ3v) is 3.14. The van der Waals surface area contributed by atoms with Crippen LogP contribution in [0.15, 0.2) is 24.5 Å². The highest BCUT2D eigenvalue weighted by Gasteiger charge is 2.13. The minimum Gasteiger partial charge on any atom is -0.480 e. The fourth-order valence-electron chi connectivity index (χ4n) is 1.89. The molecule has 1 amide bonds. The van der Waals surface area contributed by atoms with Gasteiger partial charge in [-0.1, -0.05) is 0 Å². The zero-order valence-electron chi connectivity index (χ0n) is 11.3. The highest BCUT2D eigenvalue weighted by molar-refractivity contribution is 5.93. The quantitative estimate of drug-likeness (QED) is 0.834. The second-order valence-corrected chi connectivity index (χ2v) is 4.48. The van der Waals surface area contributed by atoms with Gasteiger partial charge in [-0.2, -0.15) is 5.10 Å². The third kappa shape index (κ3) is 2.87. The van der Waals surface area contributed by atoms with Gasteiger partial charge >= 0.3 is 5.97 Å². The molecule has 0 aliphatic rings. The zero-order valence-corrected chi connectivity index (χ0v) is 11.3. The number of aliphatic carboxylic acids is 1. The standard InChI is InChI=1S/C13H16N4O3/c1-9-10(7-15-16(9)2)6-14-13(20)11-4-3-5-17(11)8-12(18)19/h3-5,7H,6,8H2,1-2H3,(H,14,20)(H,18,19). The number of rotatable bonds is 5. The molecule has 2 N–H and O–H groups in total. The van der Waals surface area contributed by atoms with Crippen LogP contribution in [0.25, 0.3) is 0 Å². The molecule has 0 saturated carbocycles. The van der Waals surface area contributed by atoms with E-state index in [0.29, 0.717) is 12.2 Å². The van der Waals surface area contributed by atoms with Crippen molar-refractivity contribution in [3.63, 3.8) is 0 Å². The van der Waals surface area contributed by atoms with Crippen LogP contribution in [-0.2, 0) is 24.9 Å². The molecular formula is C13H16N4O3. The molecule has 7 heteroatoms. The maximum Gasteiger partial charge on any atom is 0.323 e. The first-order chi connectivity index (χ1) is 9.49. The van der Waals surface area contributed by atoms with E-state index in [-0.39, 0.29) is 12.5 Å². The van der Waals surface area contributed by atoms with Crippen LogP contribution in [0.5, 0.6) is 0 Å². The molecular weight excluding hydrogens is 260 g/mol. The smallest absolute Gasteiger partial charge is 0.323 e. The number of carboxylic acids is 1. The Kier molecular flexibility index (Phi) is 3.88. The van der Waals surface area contributed by atoms with Crippen molar-refractivity contribution in [3.8, 4) is 0 Å². The van der Waals surface area contributed by atoms with Gasteiger partial charge in [-0.15, -0.1) is 0 Å². The van der Waals surface area contributed by atoms with Crippen molar-refractivity contribution in [2.75, 3.05) is 0 Å². The molecule has 0 aliphatic heterocycles. The highest BCUT2D eigenvalue weighted by Crippen LogP contribution is 2.07. The van der Waals surface area contributed by atoms with Gasteiger partial charge in [-0.25, -0.2) is 0 Å². The number of hydrogen-bond acceptors (Lipinski definition) is 3. The molecule has 0 unspecified atom stereocenters. The van der Waals surface area contributed by atoms with Gasteiger partial charge in [0.25, 0.3) is 5.91 Å². The topological polar surface area (TPSA) is 89.2 Å². The van der Waals surface area contributed by atoms with E-state index in [1.165, 1.54) is 4.57 Å². The molecule has 0 bridgehead atoms. The van der Waals surface area contributed by atoms with Gasteiger partial charge in [-0.05, 0) is 19.1 Å². The number of carbonyl (C=O) groups is 2. The van der Waals surface area contributed by atoms with E-state index in [9.17, 15) is 9.59 Å². The average Bonchev–Trinajstić information content (AvgIpc) is 2.96. The predicted octanol–water partition coefficient (Wildman–Crippen LogP) is 0.545. The molecule has 0 saturated heterocycles. The number of nitrogens with zero attached hydrogens (tertiary/aromatic N) is 3. The number of nitrogens with one attached hydrogen (secondary N) is 1. The first kappa shape index (κ1) is 13.9. The molecule has 0 radical (unpaired) electrons. The summed E-state index contributed by atoms with van der Waals surface area (Å²) in [7, 11) is 1.83. The van der Waals surface area contributed by atoms with E-state index in [1.54, 1.807) is 29.2 Å². The summed E-state index contributed by atoms with van der Waals surface area (Å²) in [6, 6.07) is 3.24. The molecule has 0 fully saturated rings. The largest absolute Gasteiger partial charge is 0.480 e. The molecule has 2 aromatic rings. The van der Waals surface area contributed by atoms with E-state index in [4.69, 9.17) is 5.11 Å². The first-order valence-corrected chi connectivity index (χ1v) is 6.11. The fourth-order valence-corrected chi connectivity index (χ4v) is 1.89. The van der Waals surface area contributed by atoms with Crippen molar-refractivity contribution in [1.29, 1.82) is 0 Å². The monoisotopic (exact) mass is 276 g/mol. The van der Waals surface area contributed by atoms with Crippen LogP contribution in [0.1, 0.15) is 21.7 Å². The lowest BCUT2D eigenvalue weighted by Gasteiger charge is -2.07. The highest BCUT2D eigenvalue weighted by atomic mass is 16.4. The lowest BCUT2D eigenvalue weighted by molar-refractivity contribution is -0.137. The number of amides is 1. The predicted molar refractivity (Wildman–Crippen MR) is 71.2 cm³/mol. The van der Waals surface area contributed by atoms with Crippen LogP contribution in [-0.4, -0.2) is 31.3 Å². The molecule has 2 heterocycles. The maximum atomic E-state index is 12.0. The van der Waals surface area contributed by atoms with Crippen LogP contribution >= 0.6 is 0 Å². The molecule has 0 aromatic carbocycles. The van der Waals surface area contributed by atoms with Crippen LogP contribution < -0.4 is 5.32 Å². The Hall–Kier alpha value is -2.57. The van der Waals surface area contributed by atoms with Crippen molar-refractivity contribution in [3.05, 3.63) is 41.5 Å². The van der Waals surface area contributed by atoms with Gasteiger partial charge in [0, 0.05) is 31.0 Å². The second kappa shape index (κ2) is 5.60. The summed E-state index contributed by atoms with van der Waals surface area (Å²) < 4.78 is 3.13. The summed E-state index contributed by atoms with van der Waals surface area (Å²) >= 11 is 0. The van der Waals surface area contributed by atoms with Crippen molar-refractivity contribution >= 4 is 11.9 Å². The van der Waals surface area contributed by atoms with Crippen LogP contribution in [0.2, 0.25) is 0 Å². The number of aromatic nitrogens is 3. The Morgan fingerprint density at radius 2 is 2.20 bits per heavy atom.